The van der Waals surface area contributed by atoms with Gasteiger partial charge in [0.1, 0.15) is 5.82 Å². The minimum atomic E-state index is 0.225. The molecular weight excluding hydrogens is 186 g/mol. The molecular formula is C12H15N3. The number of hydrogen-bond acceptors (Lipinski definition) is 2. The normalized spacial score (nSPS) is 17.8. The summed E-state index contributed by atoms with van der Waals surface area (Å²) in [5.41, 5.74) is 5.04. The number of imidazole rings is 1. The highest BCUT2D eigenvalue weighted by molar-refractivity contribution is 5.83. The molecule has 15 heavy (non-hydrogen) atoms. The average molecular weight is 201 g/mol. The zero-order chi connectivity index (χ0) is 10.6. The van der Waals surface area contributed by atoms with Crippen molar-refractivity contribution in [1.29, 1.82) is 0 Å². The Bertz CT molecular complexity index is 537. The number of nitrogens with zero attached hydrogens (tertiary/aromatic N) is 1. The molecule has 3 nitrogen and oxygen atoms in total. The van der Waals surface area contributed by atoms with Crippen LogP contribution in [0.1, 0.15) is 25.2 Å². The smallest absolute Gasteiger partial charge is 0.104 e. The highest BCUT2D eigenvalue weighted by Gasteiger charge is 2.30. The van der Waals surface area contributed by atoms with Crippen molar-refractivity contribution in [1.82, 2.24) is 9.97 Å². The quantitative estimate of drug-likeness (QED) is 0.687. The van der Waals surface area contributed by atoms with Crippen molar-refractivity contribution >= 4 is 16.7 Å². The zero-order valence-corrected chi connectivity index (χ0v) is 9.31. The van der Waals surface area contributed by atoms with Crippen molar-refractivity contribution in [2.75, 3.05) is 11.9 Å². The number of H-pyrrole nitrogens is 1. The number of fused-ring (bicyclic) bond motifs is 2. The van der Waals surface area contributed by atoms with Crippen LogP contribution in [-0.2, 0) is 5.41 Å². The van der Waals surface area contributed by atoms with E-state index in [2.05, 4.69) is 41.3 Å². The number of nitrogens with one attached hydrogen (secondary N) is 2. The molecule has 1 aromatic heterocycles. The van der Waals surface area contributed by atoms with Gasteiger partial charge >= 0.3 is 0 Å². The predicted octanol–water partition coefficient (Wildman–Crippen LogP) is 2.57. The van der Waals surface area contributed by atoms with E-state index in [0.29, 0.717) is 0 Å². The van der Waals surface area contributed by atoms with Crippen molar-refractivity contribution in [2.24, 2.45) is 0 Å². The molecule has 0 radical (unpaired) electrons. The van der Waals surface area contributed by atoms with Gasteiger partial charge in [-0.05, 0) is 24.6 Å². The molecule has 1 aliphatic rings. The Labute approximate surface area is 88.9 Å². The van der Waals surface area contributed by atoms with Gasteiger partial charge in [-0.2, -0.15) is 0 Å². The average Bonchev–Trinajstić information content (AvgIpc) is 2.64. The van der Waals surface area contributed by atoms with Gasteiger partial charge in [0.15, 0.2) is 0 Å². The maximum Gasteiger partial charge on any atom is 0.104 e. The molecule has 2 heterocycles. The van der Waals surface area contributed by atoms with Crippen LogP contribution in [0.5, 0.6) is 0 Å². The number of rotatable bonds is 0. The SMILES string of the molecule is Cc1nc2cc3c(cc2[nH]1)C(C)(C)CN3. The van der Waals surface area contributed by atoms with E-state index in [-0.39, 0.29) is 5.41 Å². The Morgan fingerprint density at radius 3 is 2.93 bits per heavy atom. The zero-order valence-electron chi connectivity index (χ0n) is 9.31. The molecule has 1 aliphatic heterocycles. The van der Waals surface area contributed by atoms with E-state index in [1.165, 1.54) is 11.3 Å². The van der Waals surface area contributed by atoms with Crippen molar-refractivity contribution < 1.29 is 0 Å². The Kier molecular flexibility index (Phi) is 1.48. The van der Waals surface area contributed by atoms with Gasteiger partial charge < -0.3 is 10.3 Å². The molecule has 78 valence electrons. The van der Waals surface area contributed by atoms with Crippen LogP contribution in [0.15, 0.2) is 12.1 Å². The first kappa shape index (κ1) is 8.77. The largest absolute Gasteiger partial charge is 0.384 e. The summed E-state index contributed by atoms with van der Waals surface area (Å²) in [7, 11) is 0. The molecule has 0 saturated carbocycles. The molecule has 3 rings (SSSR count). The Hall–Kier alpha value is -1.51. The first-order valence-corrected chi connectivity index (χ1v) is 5.31. The number of anilines is 1. The fourth-order valence-electron chi connectivity index (χ4n) is 2.30. The summed E-state index contributed by atoms with van der Waals surface area (Å²) in [4.78, 5) is 7.73. The van der Waals surface area contributed by atoms with E-state index < -0.39 is 0 Å². The van der Waals surface area contributed by atoms with E-state index in [4.69, 9.17) is 0 Å². The van der Waals surface area contributed by atoms with Crippen LogP contribution < -0.4 is 5.32 Å². The molecule has 0 bridgehead atoms. The molecule has 1 aromatic carbocycles. The summed E-state index contributed by atoms with van der Waals surface area (Å²) < 4.78 is 0. The van der Waals surface area contributed by atoms with Crippen LogP contribution in [0.4, 0.5) is 5.69 Å². The van der Waals surface area contributed by atoms with Crippen LogP contribution in [0.3, 0.4) is 0 Å². The molecule has 2 N–H and O–H groups in total. The summed E-state index contributed by atoms with van der Waals surface area (Å²) in [5.74, 6) is 0.978. The molecule has 0 saturated heterocycles. The second-order valence-corrected chi connectivity index (χ2v) is 4.97. The van der Waals surface area contributed by atoms with E-state index in [1.807, 2.05) is 6.92 Å². The van der Waals surface area contributed by atoms with Gasteiger partial charge in [-0.25, -0.2) is 4.98 Å². The lowest BCUT2D eigenvalue weighted by Crippen LogP contribution is -2.18. The molecule has 0 unspecified atom stereocenters. The number of benzene rings is 1. The molecule has 0 fully saturated rings. The highest BCUT2D eigenvalue weighted by Crippen LogP contribution is 2.38. The van der Waals surface area contributed by atoms with Gasteiger partial charge in [0.2, 0.25) is 0 Å². The van der Waals surface area contributed by atoms with Gasteiger partial charge in [-0.15, -0.1) is 0 Å². The third-order valence-electron chi connectivity index (χ3n) is 3.19. The van der Waals surface area contributed by atoms with Crippen molar-refractivity contribution in [3.63, 3.8) is 0 Å². The van der Waals surface area contributed by atoms with Gasteiger partial charge in [-0.3, -0.25) is 0 Å². The van der Waals surface area contributed by atoms with E-state index in [0.717, 1.165) is 23.4 Å². The molecule has 0 spiro atoms. The van der Waals surface area contributed by atoms with Crippen LogP contribution >= 0.6 is 0 Å². The van der Waals surface area contributed by atoms with Crippen LogP contribution in [-0.4, -0.2) is 16.5 Å². The maximum atomic E-state index is 4.44. The number of aromatic nitrogens is 2. The van der Waals surface area contributed by atoms with Gasteiger partial charge in [-0.1, -0.05) is 13.8 Å². The van der Waals surface area contributed by atoms with Gasteiger partial charge in [0.05, 0.1) is 11.0 Å². The molecule has 0 atom stereocenters. The monoisotopic (exact) mass is 201 g/mol. The van der Waals surface area contributed by atoms with Crippen molar-refractivity contribution in [2.45, 2.75) is 26.2 Å². The van der Waals surface area contributed by atoms with Crippen LogP contribution in [0, 0.1) is 6.92 Å². The Morgan fingerprint density at radius 1 is 1.33 bits per heavy atom. The lowest BCUT2D eigenvalue weighted by molar-refractivity contribution is 0.586. The minimum absolute atomic E-state index is 0.225. The molecule has 2 aromatic rings. The third kappa shape index (κ3) is 1.16. The lowest BCUT2D eigenvalue weighted by atomic mass is 9.87. The standard InChI is InChI=1S/C12H15N3/c1-7-14-10-4-8-9(5-11(10)15-7)13-6-12(8,2)3/h4-5,13H,6H2,1-3H3,(H,14,15). The second-order valence-electron chi connectivity index (χ2n) is 4.97. The van der Waals surface area contributed by atoms with E-state index >= 15 is 0 Å². The Morgan fingerprint density at radius 2 is 2.13 bits per heavy atom. The van der Waals surface area contributed by atoms with Gasteiger partial charge in [0.25, 0.3) is 0 Å². The topological polar surface area (TPSA) is 40.7 Å². The first-order chi connectivity index (χ1) is 7.06. The number of aromatic amines is 1. The van der Waals surface area contributed by atoms with Gasteiger partial charge in [0, 0.05) is 17.6 Å². The highest BCUT2D eigenvalue weighted by atomic mass is 15.0. The van der Waals surface area contributed by atoms with Crippen molar-refractivity contribution in [3.8, 4) is 0 Å². The fourth-order valence-corrected chi connectivity index (χ4v) is 2.30. The third-order valence-corrected chi connectivity index (χ3v) is 3.19. The first-order valence-electron chi connectivity index (χ1n) is 5.31. The molecule has 0 aliphatic carbocycles. The molecule has 3 heteroatoms. The number of aryl methyl sites for hydroxylation is 1. The lowest BCUT2D eigenvalue weighted by Gasteiger charge is -2.16. The predicted molar refractivity (Wildman–Crippen MR) is 62.3 cm³/mol. The second kappa shape index (κ2) is 2.54. The van der Waals surface area contributed by atoms with Crippen molar-refractivity contribution in [3.05, 3.63) is 23.5 Å². The van der Waals surface area contributed by atoms with E-state index in [9.17, 15) is 0 Å². The van der Waals surface area contributed by atoms with E-state index in [1.54, 1.807) is 0 Å². The Balaban J connectivity index is 2.31. The van der Waals surface area contributed by atoms with Crippen LogP contribution in [0.2, 0.25) is 0 Å². The number of hydrogen-bond donors (Lipinski definition) is 2. The summed E-state index contributed by atoms with van der Waals surface area (Å²) in [6.45, 7) is 7.53. The summed E-state index contributed by atoms with van der Waals surface area (Å²) in [5, 5.41) is 3.44. The fraction of sp³-hybridized carbons (Fsp3) is 0.417. The summed E-state index contributed by atoms with van der Waals surface area (Å²) >= 11 is 0. The molecule has 0 amide bonds. The maximum absolute atomic E-state index is 4.44. The summed E-state index contributed by atoms with van der Waals surface area (Å²) in [6, 6.07) is 4.37. The summed E-state index contributed by atoms with van der Waals surface area (Å²) in [6.07, 6.45) is 0. The minimum Gasteiger partial charge on any atom is -0.384 e. The van der Waals surface area contributed by atoms with Crippen LogP contribution in [0.25, 0.3) is 11.0 Å².